The first-order valence-corrected chi connectivity index (χ1v) is 14.0. The highest BCUT2D eigenvalue weighted by molar-refractivity contribution is 6.92. The van der Waals surface area contributed by atoms with Gasteiger partial charge in [0.05, 0.1) is 22.8 Å². The monoisotopic (exact) mass is 294 g/mol. The van der Waals surface area contributed by atoms with E-state index in [1.165, 1.54) is 0 Å². The molecule has 0 aromatic carbocycles. The highest BCUT2D eigenvalue weighted by Gasteiger charge is 2.80. The number of aliphatic hydroxyl groups excluding tert-OH is 1. The van der Waals surface area contributed by atoms with E-state index in [0.717, 1.165) is 17.2 Å². The van der Waals surface area contributed by atoms with Crippen molar-refractivity contribution in [3.05, 3.63) is 23.4 Å². The molecule has 0 radical (unpaired) electrons. The molecule has 19 heavy (non-hydrogen) atoms. The van der Waals surface area contributed by atoms with Gasteiger partial charge in [-0.1, -0.05) is 45.4 Å². The van der Waals surface area contributed by atoms with Crippen LogP contribution in [0.2, 0.25) is 44.3 Å². The zero-order valence-corrected chi connectivity index (χ0v) is 15.1. The largest absolute Gasteiger partial charge is 0.392 e. The number of ketones is 1. The molecule has 2 aliphatic rings. The van der Waals surface area contributed by atoms with Crippen molar-refractivity contribution in [3.8, 4) is 0 Å². The lowest BCUT2D eigenvalue weighted by molar-refractivity contribution is -0.115. The van der Waals surface area contributed by atoms with Crippen LogP contribution >= 0.6 is 0 Å². The topological polar surface area (TPSA) is 37.3 Å². The average Bonchev–Trinajstić information content (AvgIpc) is 2.89. The second-order valence-corrected chi connectivity index (χ2v) is 18.5. The average molecular weight is 295 g/mol. The third kappa shape index (κ3) is 1.54. The van der Waals surface area contributed by atoms with Crippen LogP contribution in [-0.2, 0) is 4.79 Å². The molecule has 0 aromatic rings. The molecule has 0 aliphatic heterocycles. The van der Waals surface area contributed by atoms with Gasteiger partial charge in [0.25, 0.3) is 0 Å². The van der Waals surface area contributed by atoms with Crippen LogP contribution in [0.3, 0.4) is 0 Å². The van der Waals surface area contributed by atoms with Gasteiger partial charge in [-0.15, -0.1) is 6.58 Å². The van der Waals surface area contributed by atoms with Gasteiger partial charge in [-0.25, -0.2) is 0 Å². The van der Waals surface area contributed by atoms with Crippen LogP contribution in [0.5, 0.6) is 0 Å². The minimum atomic E-state index is -1.73. The van der Waals surface area contributed by atoms with E-state index >= 15 is 0 Å². The van der Waals surface area contributed by atoms with Gasteiger partial charge in [0.2, 0.25) is 0 Å². The molecule has 0 aromatic heterocycles. The molecule has 0 amide bonds. The highest BCUT2D eigenvalue weighted by atomic mass is 28.3. The summed E-state index contributed by atoms with van der Waals surface area (Å²) in [5.41, 5.74) is 0.799. The number of carbonyl (C=O) groups excluding carboxylic acids is 1. The number of Topliss-reactive ketones (excluding diaryl/α,β-unsaturated/α-hetero) is 1. The Balaban J connectivity index is 2.70. The van der Waals surface area contributed by atoms with Gasteiger partial charge in [-0.05, 0) is 17.2 Å². The molecule has 0 saturated heterocycles. The summed E-state index contributed by atoms with van der Waals surface area (Å²) in [7, 11) is -3.39. The maximum Gasteiger partial charge on any atom is 0.159 e. The Labute approximate surface area is 118 Å². The summed E-state index contributed by atoms with van der Waals surface area (Å²) in [5, 5.41) is 10.7. The van der Waals surface area contributed by atoms with E-state index in [2.05, 4.69) is 45.9 Å². The summed E-state index contributed by atoms with van der Waals surface area (Å²) in [6.45, 7) is 17.5. The van der Waals surface area contributed by atoms with Gasteiger partial charge >= 0.3 is 0 Å². The first-order chi connectivity index (χ1) is 8.49. The molecule has 0 bridgehead atoms. The predicted molar refractivity (Wildman–Crippen MR) is 85.8 cm³/mol. The van der Waals surface area contributed by atoms with Gasteiger partial charge in [0, 0.05) is 10.5 Å². The van der Waals surface area contributed by atoms with Crippen LogP contribution in [0.25, 0.3) is 0 Å². The van der Waals surface area contributed by atoms with Crippen molar-refractivity contribution in [2.24, 2.45) is 5.41 Å². The maximum absolute atomic E-state index is 13.1. The minimum Gasteiger partial charge on any atom is -0.392 e. The molecule has 2 unspecified atom stereocenters. The molecule has 0 spiro atoms. The van der Waals surface area contributed by atoms with Crippen LogP contribution in [0.1, 0.15) is 6.42 Å². The number of hydrogen-bond donors (Lipinski definition) is 1. The molecule has 1 fully saturated rings. The zero-order chi connectivity index (χ0) is 14.9. The van der Waals surface area contributed by atoms with E-state index in [4.69, 9.17) is 0 Å². The van der Waals surface area contributed by atoms with Crippen LogP contribution in [0, 0.1) is 5.41 Å². The molecule has 1 N–H and O–H groups in total. The Morgan fingerprint density at radius 1 is 1.26 bits per heavy atom. The number of hydrogen-bond acceptors (Lipinski definition) is 2. The van der Waals surface area contributed by atoms with Gasteiger partial charge < -0.3 is 5.11 Å². The summed E-state index contributed by atoms with van der Waals surface area (Å²) in [4.78, 5) is 13.1. The zero-order valence-electron chi connectivity index (χ0n) is 13.1. The van der Waals surface area contributed by atoms with Gasteiger partial charge in [0.1, 0.15) is 0 Å². The second-order valence-electron chi connectivity index (χ2n) is 8.10. The van der Waals surface area contributed by atoms with Crippen molar-refractivity contribution in [3.63, 3.8) is 0 Å². The summed E-state index contributed by atoms with van der Waals surface area (Å²) in [5.74, 6) is 0.356. The molecule has 2 rings (SSSR count). The lowest BCUT2D eigenvalue weighted by Gasteiger charge is -2.30. The van der Waals surface area contributed by atoms with Crippen LogP contribution in [0.4, 0.5) is 0 Å². The number of rotatable bonds is 4. The normalized spacial score (nSPS) is 34.6. The number of fused-ring (bicyclic) bond motifs is 1. The smallest absolute Gasteiger partial charge is 0.159 e. The fourth-order valence-electron chi connectivity index (χ4n) is 4.25. The fourth-order valence-corrected chi connectivity index (χ4v) is 9.69. The Morgan fingerprint density at radius 2 is 1.79 bits per heavy atom. The minimum absolute atomic E-state index is 0.0175. The molecular weight excluding hydrogens is 268 g/mol. The first kappa shape index (κ1) is 14.9. The first-order valence-electron chi connectivity index (χ1n) is 7.03. The van der Waals surface area contributed by atoms with Gasteiger partial charge in [0.15, 0.2) is 5.78 Å². The molecule has 106 valence electrons. The third-order valence-corrected chi connectivity index (χ3v) is 10.6. The number of aliphatic hydroxyl groups is 1. The molecular formula is C15H26O2Si2. The number of carbonyl (C=O) groups is 1. The van der Waals surface area contributed by atoms with E-state index in [-0.39, 0.29) is 17.1 Å². The van der Waals surface area contributed by atoms with Crippen molar-refractivity contribution in [1.29, 1.82) is 0 Å². The quantitative estimate of drug-likeness (QED) is 0.637. The molecule has 4 heteroatoms. The van der Waals surface area contributed by atoms with E-state index in [9.17, 15) is 9.90 Å². The van der Waals surface area contributed by atoms with Crippen LogP contribution in [0.15, 0.2) is 23.4 Å². The maximum atomic E-state index is 13.1. The number of allylic oxidation sites excluding steroid dienone is 2. The summed E-state index contributed by atoms with van der Waals surface area (Å²) in [6, 6.07) is 0. The molecule has 2 atom stereocenters. The third-order valence-electron chi connectivity index (χ3n) is 5.17. The van der Waals surface area contributed by atoms with Gasteiger partial charge in [-0.3, -0.25) is 4.79 Å². The van der Waals surface area contributed by atoms with E-state index in [1.54, 1.807) is 0 Å². The van der Waals surface area contributed by atoms with Crippen molar-refractivity contribution in [2.45, 2.75) is 50.7 Å². The lowest BCUT2D eigenvalue weighted by Crippen LogP contribution is -2.40. The van der Waals surface area contributed by atoms with Crippen molar-refractivity contribution in [1.82, 2.24) is 0 Å². The van der Waals surface area contributed by atoms with E-state index in [1.807, 2.05) is 6.08 Å². The molecule has 0 heterocycles. The Bertz CT molecular complexity index is 493. The molecule has 2 nitrogen and oxygen atoms in total. The summed E-state index contributed by atoms with van der Waals surface area (Å²) < 4.78 is 0. The predicted octanol–water partition coefficient (Wildman–Crippen LogP) is 3.39. The second kappa shape index (κ2) is 3.80. The van der Waals surface area contributed by atoms with E-state index in [0.29, 0.717) is 5.78 Å². The van der Waals surface area contributed by atoms with Crippen molar-refractivity contribution >= 4 is 21.9 Å². The van der Waals surface area contributed by atoms with Crippen molar-refractivity contribution < 1.29 is 9.90 Å². The van der Waals surface area contributed by atoms with Gasteiger partial charge in [-0.2, -0.15) is 0 Å². The molecule has 1 saturated carbocycles. The lowest BCUT2D eigenvalue weighted by atomic mass is 9.98. The van der Waals surface area contributed by atoms with E-state index < -0.39 is 16.1 Å². The Hall–Kier alpha value is -0.456. The van der Waals surface area contributed by atoms with Crippen LogP contribution in [-0.4, -0.2) is 33.6 Å². The summed E-state index contributed by atoms with van der Waals surface area (Å²) in [6.07, 6.45) is 2.85. The fraction of sp³-hybridized carbons (Fsp3) is 0.667. The van der Waals surface area contributed by atoms with Crippen LogP contribution < -0.4 is 0 Å². The highest BCUT2D eigenvalue weighted by Crippen LogP contribution is 2.83. The standard InChI is InChI=1S/C15H26O2Si2/c1-8-14-10-15(14,19(5,6)7)13(17)12(11(14)9-16)18(2,3)4/h8,16H,1,9-10H2,2-7H3. The van der Waals surface area contributed by atoms with Crippen molar-refractivity contribution in [2.75, 3.05) is 6.61 Å². The Morgan fingerprint density at radius 3 is 2.11 bits per heavy atom. The summed E-state index contributed by atoms with van der Waals surface area (Å²) >= 11 is 0. The Kier molecular flexibility index (Phi) is 2.99. The SMILES string of the molecule is C=CC12CC1([Si](C)(C)C)C(=O)C([Si](C)(C)C)=C2CO. The molecule has 2 aliphatic carbocycles.